The van der Waals surface area contributed by atoms with E-state index in [1.54, 1.807) is 18.7 Å². The highest BCUT2D eigenvalue weighted by Crippen LogP contribution is 2.07. The lowest BCUT2D eigenvalue weighted by atomic mass is 10.3. The standard InChI is InChI=1S/C10H21NO2S/c1-3-5-6-7-14-8-9(11)10(12)13-4-2/h9H,3-8,11H2,1-2H3. The second-order valence-electron chi connectivity index (χ2n) is 3.14. The minimum absolute atomic E-state index is 0.282. The van der Waals surface area contributed by atoms with Crippen molar-refractivity contribution in [2.24, 2.45) is 5.73 Å². The van der Waals surface area contributed by atoms with Gasteiger partial charge in [-0.25, -0.2) is 0 Å². The van der Waals surface area contributed by atoms with Crippen LogP contribution in [0.25, 0.3) is 0 Å². The maximum Gasteiger partial charge on any atom is 0.323 e. The van der Waals surface area contributed by atoms with Gasteiger partial charge in [-0.1, -0.05) is 19.8 Å². The summed E-state index contributed by atoms with van der Waals surface area (Å²) < 4.78 is 4.80. The molecule has 0 saturated carbocycles. The number of ether oxygens (including phenoxy) is 1. The van der Waals surface area contributed by atoms with Crippen LogP contribution in [0.1, 0.15) is 33.1 Å². The van der Waals surface area contributed by atoms with E-state index in [1.165, 1.54) is 19.3 Å². The first-order valence-corrected chi connectivity index (χ1v) is 6.37. The summed E-state index contributed by atoms with van der Waals surface area (Å²) >= 11 is 1.73. The number of carbonyl (C=O) groups excluding carboxylic acids is 1. The Kier molecular flexibility index (Phi) is 9.19. The van der Waals surface area contributed by atoms with Crippen molar-refractivity contribution < 1.29 is 9.53 Å². The molecule has 1 atom stereocenters. The Morgan fingerprint density at radius 2 is 2.14 bits per heavy atom. The van der Waals surface area contributed by atoms with Crippen molar-refractivity contribution in [3.63, 3.8) is 0 Å². The van der Waals surface area contributed by atoms with Gasteiger partial charge < -0.3 is 10.5 Å². The molecule has 4 heteroatoms. The van der Waals surface area contributed by atoms with Crippen molar-refractivity contribution in [2.45, 2.75) is 39.2 Å². The Morgan fingerprint density at radius 3 is 2.71 bits per heavy atom. The molecule has 0 aromatic heterocycles. The molecular weight excluding hydrogens is 198 g/mol. The smallest absolute Gasteiger partial charge is 0.323 e. The summed E-state index contributed by atoms with van der Waals surface area (Å²) in [5.41, 5.74) is 5.62. The molecule has 0 aliphatic rings. The molecule has 1 unspecified atom stereocenters. The molecule has 0 aliphatic heterocycles. The zero-order chi connectivity index (χ0) is 10.8. The third kappa shape index (κ3) is 7.21. The normalized spacial score (nSPS) is 12.5. The van der Waals surface area contributed by atoms with Crippen LogP contribution in [0.3, 0.4) is 0 Å². The van der Waals surface area contributed by atoms with Gasteiger partial charge in [0, 0.05) is 5.75 Å². The van der Waals surface area contributed by atoms with E-state index >= 15 is 0 Å². The van der Waals surface area contributed by atoms with E-state index in [9.17, 15) is 4.79 Å². The number of hydrogen-bond donors (Lipinski definition) is 1. The van der Waals surface area contributed by atoms with Crippen LogP contribution in [0.5, 0.6) is 0 Å². The average molecular weight is 219 g/mol. The molecule has 0 bridgehead atoms. The molecule has 84 valence electrons. The number of esters is 1. The van der Waals surface area contributed by atoms with E-state index in [2.05, 4.69) is 6.92 Å². The third-order valence-electron chi connectivity index (χ3n) is 1.78. The Morgan fingerprint density at radius 1 is 1.43 bits per heavy atom. The fourth-order valence-electron chi connectivity index (χ4n) is 0.982. The summed E-state index contributed by atoms with van der Waals surface area (Å²) in [4.78, 5) is 11.1. The minimum atomic E-state index is -0.457. The molecule has 0 fully saturated rings. The van der Waals surface area contributed by atoms with Gasteiger partial charge in [-0.15, -0.1) is 0 Å². The molecule has 0 saturated heterocycles. The average Bonchev–Trinajstić information content (AvgIpc) is 2.17. The zero-order valence-electron chi connectivity index (χ0n) is 9.12. The predicted molar refractivity (Wildman–Crippen MR) is 61.5 cm³/mol. The number of carbonyl (C=O) groups is 1. The molecular formula is C10H21NO2S. The van der Waals surface area contributed by atoms with Crippen LogP contribution in [0.15, 0.2) is 0 Å². The lowest BCUT2D eigenvalue weighted by molar-refractivity contribution is -0.144. The summed E-state index contributed by atoms with van der Waals surface area (Å²) in [5, 5.41) is 0. The molecule has 2 N–H and O–H groups in total. The monoisotopic (exact) mass is 219 g/mol. The van der Waals surface area contributed by atoms with Crippen LogP contribution < -0.4 is 5.73 Å². The Balaban J connectivity index is 3.34. The van der Waals surface area contributed by atoms with Gasteiger partial charge in [-0.05, 0) is 19.1 Å². The van der Waals surface area contributed by atoms with Crippen molar-refractivity contribution in [1.29, 1.82) is 0 Å². The van der Waals surface area contributed by atoms with Crippen LogP contribution in [0, 0.1) is 0 Å². The van der Waals surface area contributed by atoms with Crippen LogP contribution in [-0.2, 0) is 9.53 Å². The topological polar surface area (TPSA) is 52.3 Å². The molecule has 14 heavy (non-hydrogen) atoms. The number of hydrogen-bond acceptors (Lipinski definition) is 4. The lowest BCUT2D eigenvalue weighted by Crippen LogP contribution is -2.34. The largest absolute Gasteiger partial charge is 0.465 e. The highest BCUT2D eigenvalue weighted by atomic mass is 32.2. The van der Waals surface area contributed by atoms with Crippen LogP contribution in [0.2, 0.25) is 0 Å². The molecule has 0 amide bonds. The van der Waals surface area contributed by atoms with E-state index in [0.29, 0.717) is 12.4 Å². The predicted octanol–water partition coefficient (Wildman–Crippen LogP) is 1.80. The van der Waals surface area contributed by atoms with Gasteiger partial charge >= 0.3 is 5.97 Å². The SMILES string of the molecule is CCCCCSCC(N)C(=O)OCC. The second-order valence-corrected chi connectivity index (χ2v) is 4.29. The first-order chi connectivity index (χ1) is 6.72. The summed E-state index contributed by atoms with van der Waals surface area (Å²) in [6, 6.07) is -0.457. The molecule has 0 aromatic rings. The summed E-state index contributed by atoms with van der Waals surface area (Å²) in [6.45, 7) is 4.38. The second kappa shape index (κ2) is 9.34. The molecule has 0 aromatic carbocycles. The van der Waals surface area contributed by atoms with Crippen molar-refractivity contribution >= 4 is 17.7 Å². The quantitative estimate of drug-likeness (QED) is 0.499. The maximum atomic E-state index is 11.1. The van der Waals surface area contributed by atoms with Crippen LogP contribution in [-0.4, -0.2) is 30.1 Å². The van der Waals surface area contributed by atoms with Crippen LogP contribution >= 0.6 is 11.8 Å². The van der Waals surface area contributed by atoms with Gasteiger partial charge in [-0.3, -0.25) is 4.79 Å². The summed E-state index contributed by atoms with van der Waals surface area (Å²) in [6.07, 6.45) is 3.68. The van der Waals surface area contributed by atoms with Crippen molar-refractivity contribution in [2.75, 3.05) is 18.1 Å². The van der Waals surface area contributed by atoms with Crippen LogP contribution in [0.4, 0.5) is 0 Å². The van der Waals surface area contributed by atoms with E-state index < -0.39 is 6.04 Å². The number of thioether (sulfide) groups is 1. The van der Waals surface area contributed by atoms with E-state index in [-0.39, 0.29) is 5.97 Å². The fourth-order valence-corrected chi connectivity index (χ4v) is 1.95. The van der Waals surface area contributed by atoms with E-state index in [1.807, 2.05) is 0 Å². The molecule has 0 spiro atoms. The number of rotatable bonds is 8. The van der Waals surface area contributed by atoms with Gasteiger partial charge in [0.1, 0.15) is 6.04 Å². The molecule has 3 nitrogen and oxygen atoms in total. The van der Waals surface area contributed by atoms with E-state index in [4.69, 9.17) is 10.5 Å². The van der Waals surface area contributed by atoms with Crippen molar-refractivity contribution in [1.82, 2.24) is 0 Å². The van der Waals surface area contributed by atoms with Crippen molar-refractivity contribution in [3.8, 4) is 0 Å². The minimum Gasteiger partial charge on any atom is -0.465 e. The first-order valence-electron chi connectivity index (χ1n) is 5.22. The Bertz CT molecular complexity index is 153. The van der Waals surface area contributed by atoms with Gasteiger partial charge in [0.2, 0.25) is 0 Å². The maximum absolute atomic E-state index is 11.1. The molecule has 0 aliphatic carbocycles. The number of unbranched alkanes of at least 4 members (excludes halogenated alkanes) is 2. The zero-order valence-corrected chi connectivity index (χ0v) is 9.94. The molecule has 0 radical (unpaired) electrons. The highest BCUT2D eigenvalue weighted by molar-refractivity contribution is 7.99. The fraction of sp³-hybridized carbons (Fsp3) is 0.900. The van der Waals surface area contributed by atoms with Crippen molar-refractivity contribution in [3.05, 3.63) is 0 Å². The summed E-state index contributed by atoms with van der Waals surface area (Å²) in [7, 11) is 0. The van der Waals surface area contributed by atoms with Gasteiger partial charge in [0.05, 0.1) is 6.61 Å². The van der Waals surface area contributed by atoms with Gasteiger partial charge in [0.15, 0.2) is 0 Å². The molecule has 0 rings (SSSR count). The van der Waals surface area contributed by atoms with Gasteiger partial charge in [-0.2, -0.15) is 11.8 Å². The summed E-state index contributed by atoms with van der Waals surface area (Å²) in [5.74, 6) is 1.47. The highest BCUT2D eigenvalue weighted by Gasteiger charge is 2.13. The molecule has 0 heterocycles. The van der Waals surface area contributed by atoms with E-state index in [0.717, 1.165) is 5.75 Å². The lowest BCUT2D eigenvalue weighted by Gasteiger charge is -2.09. The Hall–Kier alpha value is -0.220. The first kappa shape index (κ1) is 13.8. The Labute approximate surface area is 90.8 Å². The third-order valence-corrected chi connectivity index (χ3v) is 2.95. The number of nitrogens with two attached hydrogens (primary N) is 1. The van der Waals surface area contributed by atoms with Gasteiger partial charge in [0.25, 0.3) is 0 Å².